The van der Waals surface area contributed by atoms with Gasteiger partial charge in [0.2, 0.25) is 10.0 Å². The van der Waals surface area contributed by atoms with Crippen LogP contribution in [0.5, 0.6) is 5.75 Å². The van der Waals surface area contributed by atoms with Crippen LogP contribution < -0.4 is 9.46 Å². The van der Waals surface area contributed by atoms with Crippen LogP contribution in [0.2, 0.25) is 0 Å². The van der Waals surface area contributed by atoms with Crippen LogP contribution in [0, 0.1) is 5.82 Å². The highest BCUT2D eigenvalue weighted by Crippen LogP contribution is 2.26. The normalized spacial score (nSPS) is 12.9. The molecule has 2 aromatic carbocycles. The van der Waals surface area contributed by atoms with Crippen molar-refractivity contribution in [3.05, 3.63) is 59.4 Å². The Morgan fingerprint density at radius 2 is 1.83 bits per heavy atom. The van der Waals surface area contributed by atoms with Gasteiger partial charge in [-0.25, -0.2) is 17.5 Å². The fraction of sp³-hybridized carbons (Fsp3) is 0.294. The molecular weight excluding hydrogens is 317 g/mol. The van der Waals surface area contributed by atoms with Gasteiger partial charge in [-0.3, -0.25) is 0 Å². The zero-order valence-corrected chi connectivity index (χ0v) is 14.2. The van der Waals surface area contributed by atoms with Gasteiger partial charge in [-0.2, -0.15) is 0 Å². The Balaban J connectivity index is 2.28. The number of methoxy groups -OCH3 is 1. The molecule has 23 heavy (non-hydrogen) atoms. The number of sulfonamides is 1. The van der Waals surface area contributed by atoms with Crippen LogP contribution in [0.1, 0.15) is 31.0 Å². The molecule has 6 heteroatoms. The molecule has 0 bridgehead atoms. The predicted molar refractivity (Wildman–Crippen MR) is 87.5 cm³/mol. The van der Waals surface area contributed by atoms with Crippen LogP contribution in [0.4, 0.5) is 4.39 Å². The Morgan fingerprint density at radius 3 is 2.39 bits per heavy atom. The van der Waals surface area contributed by atoms with Gasteiger partial charge in [0.15, 0.2) is 0 Å². The molecule has 0 aromatic heterocycles. The average molecular weight is 337 g/mol. The van der Waals surface area contributed by atoms with Gasteiger partial charge in [0, 0.05) is 6.04 Å². The average Bonchev–Trinajstić information content (AvgIpc) is 2.54. The molecule has 0 fully saturated rings. The summed E-state index contributed by atoms with van der Waals surface area (Å²) in [5.41, 5.74) is 2.01. The summed E-state index contributed by atoms with van der Waals surface area (Å²) in [7, 11) is -2.56. The van der Waals surface area contributed by atoms with Gasteiger partial charge < -0.3 is 4.74 Å². The predicted octanol–water partition coefficient (Wildman–Crippen LogP) is 3.44. The van der Waals surface area contributed by atoms with E-state index in [1.54, 1.807) is 6.92 Å². The maximum absolute atomic E-state index is 13.4. The van der Waals surface area contributed by atoms with E-state index in [1.807, 2.05) is 24.3 Å². The number of rotatable bonds is 6. The summed E-state index contributed by atoms with van der Waals surface area (Å²) in [5, 5.41) is 0. The number of hydrogen-bond acceptors (Lipinski definition) is 3. The number of ether oxygens (including phenoxy) is 1. The molecule has 0 heterocycles. The molecule has 4 nitrogen and oxygen atoms in total. The van der Waals surface area contributed by atoms with Crippen LogP contribution in [-0.4, -0.2) is 15.5 Å². The lowest BCUT2D eigenvalue weighted by molar-refractivity contribution is 0.400. The largest absolute Gasteiger partial charge is 0.495 e. The summed E-state index contributed by atoms with van der Waals surface area (Å²) in [6.07, 6.45) is 0.918. The lowest BCUT2D eigenvalue weighted by Gasteiger charge is -2.16. The molecule has 0 saturated heterocycles. The quantitative estimate of drug-likeness (QED) is 0.878. The van der Waals surface area contributed by atoms with E-state index in [9.17, 15) is 12.8 Å². The number of halogens is 1. The minimum atomic E-state index is -3.90. The van der Waals surface area contributed by atoms with E-state index in [0.717, 1.165) is 24.1 Å². The summed E-state index contributed by atoms with van der Waals surface area (Å²) in [4.78, 5) is -0.211. The fourth-order valence-corrected chi connectivity index (χ4v) is 3.68. The second kappa shape index (κ2) is 7.10. The van der Waals surface area contributed by atoms with Gasteiger partial charge >= 0.3 is 0 Å². The molecule has 0 aliphatic carbocycles. The van der Waals surface area contributed by atoms with Crippen molar-refractivity contribution in [2.24, 2.45) is 0 Å². The third kappa shape index (κ3) is 4.09. The summed E-state index contributed by atoms with van der Waals surface area (Å²) in [6, 6.07) is 10.7. The molecular formula is C17H20FNO3S. The summed E-state index contributed by atoms with van der Waals surface area (Å²) in [5.74, 6) is -0.529. The Kier molecular flexibility index (Phi) is 5.38. The van der Waals surface area contributed by atoms with E-state index < -0.39 is 21.9 Å². The van der Waals surface area contributed by atoms with Crippen molar-refractivity contribution in [1.29, 1.82) is 0 Å². The molecule has 0 aliphatic heterocycles. The first kappa shape index (κ1) is 17.4. The molecule has 1 unspecified atom stereocenters. The van der Waals surface area contributed by atoms with Crippen LogP contribution >= 0.6 is 0 Å². The Morgan fingerprint density at radius 1 is 1.17 bits per heavy atom. The summed E-state index contributed by atoms with van der Waals surface area (Å²) < 4.78 is 46.0. The topological polar surface area (TPSA) is 55.4 Å². The molecule has 1 N–H and O–H groups in total. The van der Waals surface area contributed by atoms with Crippen LogP contribution in [-0.2, 0) is 16.4 Å². The first-order valence-corrected chi connectivity index (χ1v) is 8.80. The SMILES string of the molecule is CCc1ccc(C(C)NS(=O)(=O)c2cc(F)ccc2OC)cc1. The van der Waals surface area contributed by atoms with Crippen molar-refractivity contribution >= 4 is 10.0 Å². The lowest BCUT2D eigenvalue weighted by Crippen LogP contribution is -2.27. The Labute approximate surface area is 136 Å². The van der Waals surface area contributed by atoms with Crippen molar-refractivity contribution in [3.63, 3.8) is 0 Å². The Hall–Kier alpha value is -1.92. The van der Waals surface area contributed by atoms with Gasteiger partial charge in [-0.1, -0.05) is 31.2 Å². The number of aryl methyl sites for hydroxylation is 1. The van der Waals surface area contributed by atoms with E-state index in [1.165, 1.54) is 18.7 Å². The zero-order valence-electron chi connectivity index (χ0n) is 13.3. The maximum Gasteiger partial charge on any atom is 0.244 e. The number of nitrogens with one attached hydrogen (secondary N) is 1. The van der Waals surface area contributed by atoms with Crippen LogP contribution in [0.15, 0.2) is 47.4 Å². The number of benzene rings is 2. The smallest absolute Gasteiger partial charge is 0.244 e. The minimum absolute atomic E-state index is 0.104. The van der Waals surface area contributed by atoms with Crippen LogP contribution in [0.3, 0.4) is 0 Å². The first-order chi connectivity index (χ1) is 10.9. The van der Waals surface area contributed by atoms with Crippen molar-refractivity contribution in [3.8, 4) is 5.75 Å². The first-order valence-electron chi connectivity index (χ1n) is 7.32. The second-order valence-corrected chi connectivity index (χ2v) is 6.92. The van der Waals surface area contributed by atoms with Gasteiger partial charge in [-0.05, 0) is 42.7 Å². The highest BCUT2D eigenvalue weighted by Gasteiger charge is 2.23. The van der Waals surface area contributed by atoms with Crippen LogP contribution in [0.25, 0.3) is 0 Å². The van der Waals surface area contributed by atoms with Gasteiger partial charge in [-0.15, -0.1) is 0 Å². The van der Waals surface area contributed by atoms with E-state index >= 15 is 0 Å². The zero-order chi connectivity index (χ0) is 17.0. The third-order valence-electron chi connectivity index (χ3n) is 3.64. The molecule has 0 amide bonds. The van der Waals surface area contributed by atoms with Crippen molar-refractivity contribution in [1.82, 2.24) is 4.72 Å². The summed E-state index contributed by atoms with van der Waals surface area (Å²) in [6.45, 7) is 3.79. The molecule has 1 atom stereocenters. The molecule has 2 aromatic rings. The van der Waals surface area contributed by atoms with E-state index in [4.69, 9.17) is 4.74 Å². The maximum atomic E-state index is 13.4. The number of hydrogen-bond donors (Lipinski definition) is 1. The molecule has 124 valence electrons. The summed E-state index contributed by atoms with van der Waals surface area (Å²) >= 11 is 0. The van der Waals surface area contributed by atoms with E-state index in [2.05, 4.69) is 11.6 Å². The van der Waals surface area contributed by atoms with Crippen molar-refractivity contribution in [2.75, 3.05) is 7.11 Å². The highest BCUT2D eigenvalue weighted by atomic mass is 32.2. The van der Waals surface area contributed by atoms with Crippen molar-refractivity contribution in [2.45, 2.75) is 31.2 Å². The third-order valence-corrected chi connectivity index (χ3v) is 5.20. The monoisotopic (exact) mass is 337 g/mol. The van der Waals surface area contributed by atoms with Crippen molar-refractivity contribution < 1.29 is 17.5 Å². The molecule has 2 rings (SSSR count). The van der Waals surface area contributed by atoms with Gasteiger partial charge in [0.1, 0.15) is 16.5 Å². The minimum Gasteiger partial charge on any atom is -0.495 e. The van der Waals surface area contributed by atoms with E-state index in [0.29, 0.717) is 0 Å². The lowest BCUT2D eigenvalue weighted by atomic mass is 10.1. The molecule has 0 spiro atoms. The molecule has 0 aliphatic rings. The molecule has 0 saturated carbocycles. The Bertz CT molecular complexity index is 773. The standard InChI is InChI=1S/C17H20FNO3S/c1-4-13-5-7-14(8-6-13)12(2)19-23(20,21)17-11-15(18)9-10-16(17)22-3/h5-12,19H,4H2,1-3H3. The van der Waals surface area contributed by atoms with Gasteiger partial charge in [0.25, 0.3) is 0 Å². The van der Waals surface area contributed by atoms with Gasteiger partial charge in [0.05, 0.1) is 7.11 Å². The fourth-order valence-electron chi connectivity index (χ4n) is 2.27. The second-order valence-electron chi connectivity index (χ2n) is 5.23. The highest BCUT2D eigenvalue weighted by molar-refractivity contribution is 7.89. The molecule has 0 radical (unpaired) electrons. The van der Waals surface area contributed by atoms with E-state index in [-0.39, 0.29) is 10.6 Å².